The summed E-state index contributed by atoms with van der Waals surface area (Å²) in [6, 6.07) is 0. The zero-order chi connectivity index (χ0) is 31.5. The fourth-order valence-corrected chi connectivity index (χ4v) is 6.14. The summed E-state index contributed by atoms with van der Waals surface area (Å²) in [5, 5.41) is 20.2. The molecule has 0 amide bonds. The molecule has 0 saturated carbocycles. The molecule has 2 aliphatic rings. The van der Waals surface area contributed by atoms with Gasteiger partial charge in [0.05, 0.1) is 12.2 Å². The minimum Gasteiger partial charge on any atom is -0.393 e. The van der Waals surface area contributed by atoms with Crippen LogP contribution in [-0.4, -0.2) is 22.4 Å². The van der Waals surface area contributed by atoms with Crippen molar-refractivity contribution in [2.24, 2.45) is 16.7 Å². The highest BCUT2D eigenvalue weighted by atomic mass is 16.3. The van der Waals surface area contributed by atoms with Crippen LogP contribution in [0.3, 0.4) is 0 Å². The summed E-state index contributed by atoms with van der Waals surface area (Å²) >= 11 is 0. The van der Waals surface area contributed by atoms with Gasteiger partial charge in [0.1, 0.15) is 0 Å². The van der Waals surface area contributed by atoms with E-state index in [2.05, 4.69) is 154 Å². The highest BCUT2D eigenvalue weighted by molar-refractivity contribution is 5.38. The Morgan fingerprint density at radius 1 is 0.714 bits per heavy atom. The minimum absolute atomic E-state index is 0.00528. The van der Waals surface area contributed by atoms with Crippen LogP contribution in [0.1, 0.15) is 88.5 Å². The van der Waals surface area contributed by atoms with E-state index in [1.54, 1.807) is 0 Å². The molecule has 0 heterocycles. The molecule has 0 bridgehead atoms. The van der Waals surface area contributed by atoms with E-state index < -0.39 is 0 Å². The van der Waals surface area contributed by atoms with E-state index in [0.29, 0.717) is 5.92 Å². The van der Waals surface area contributed by atoms with Crippen LogP contribution in [0.2, 0.25) is 0 Å². The Bertz CT molecular complexity index is 1270. The first kappa shape index (κ1) is 35.3. The van der Waals surface area contributed by atoms with Crippen LogP contribution in [0, 0.1) is 16.7 Å². The summed E-state index contributed by atoms with van der Waals surface area (Å²) in [7, 11) is 0. The van der Waals surface area contributed by atoms with Crippen molar-refractivity contribution in [2.45, 2.75) is 101 Å². The maximum Gasteiger partial charge on any atom is 0.0729 e. The van der Waals surface area contributed by atoms with Gasteiger partial charge < -0.3 is 10.2 Å². The van der Waals surface area contributed by atoms with Crippen LogP contribution < -0.4 is 0 Å². The molecule has 228 valence electrons. The third kappa shape index (κ3) is 11.7. The summed E-state index contributed by atoms with van der Waals surface area (Å²) in [5.74, 6) is 0.348. The second-order valence-corrected chi connectivity index (χ2v) is 13.7. The van der Waals surface area contributed by atoms with Crippen LogP contribution in [0.5, 0.6) is 0 Å². The highest BCUT2D eigenvalue weighted by Crippen LogP contribution is 2.42. The van der Waals surface area contributed by atoms with Crippen LogP contribution in [0.25, 0.3) is 0 Å². The van der Waals surface area contributed by atoms with Crippen LogP contribution in [0.15, 0.2) is 130 Å². The van der Waals surface area contributed by atoms with Gasteiger partial charge in [0, 0.05) is 5.92 Å². The smallest absolute Gasteiger partial charge is 0.0729 e. The Labute approximate surface area is 257 Å². The van der Waals surface area contributed by atoms with Gasteiger partial charge in [-0.3, -0.25) is 0 Å². The number of hydrogen-bond donors (Lipinski definition) is 2. The molecule has 42 heavy (non-hydrogen) atoms. The van der Waals surface area contributed by atoms with E-state index in [1.165, 1.54) is 39.0 Å². The SMILES string of the molecule is CC1=C[C@H](O)CC(C)(C)[C@@H]1\C=C/C(C)=C/C=C\C(C)=C\C=C/C=C(C)\C=C/C=C(C)/C=C\C1=C(C)C[C@@H](O)CC1(C)C. The molecule has 2 aliphatic carbocycles. The molecule has 0 radical (unpaired) electrons. The van der Waals surface area contributed by atoms with Crippen molar-refractivity contribution < 1.29 is 10.2 Å². The van der Waals surface area contributed by atoms with Crippen LogP contribution in [0.4, 0.5) is 0 Å². The molecule has 3 atom stereocenters. The summed E-state index contributed by atoms with van der Waals surface area (Å²) in [5.41, 5.74) is 8.73. The topological polar surface area (TPSA) is 40.5 Å². The Hall–Kier alpha value is -2.94. The van der Waals surface area contributed by atoms with Gasteiger partial charge in [-0.2, -0.15) is 0 Å². The first-order valence-corrected chi connectivity index (χ1v) is 15.4. The maximum atomic E-state index is 10.1. The average Bonchev–Trinajstić information content (AvgIpc) is 2.84. The van der Waals surface area contributed by atoms with Crippen molar-refractivity contribution in [3.05, 3.63) is 130 Å². The first-order chi connectivity index (χ1) is 19.6. The molecule has 0 aromatic carbocycles. The van der Waals surface area contributed by atoms with Crippen molar-refractivity contribution in [2.75, 3.05) is 0 Å². The minimum atomic E-state index is -0.331. The van der Waals surface area contributed by atoms with Gasteiger partial charge in [-0.1, -0.05) is 152 Å². The second kappa shape index (κ2) is 16.1. The number of rotatable bonds is 10. The summed E-state index contributed by atoms with van der Waals surface area (Å²) in [6.07, 6.45) is 33.8. The lowest BCUT2D eigenvalue weighted by atomic mass is 9.67. The number of aliphatic hydroxyl groups is 2. The van der Waals surface area contributed by atoms with E-state index >= 15 is 0 Å². The maximum absolute atomic E-state index is 10.1. The van der Waals surface area contributed by atoms with Gasteiger partial charge in [-0.25, -0.2) is 0 Å². The largest absolute Gasteiger partial charge is 0.393 e. The monoisotopic (exact) mass is 568 g/mol. The average molecular weight is 569 g/mol. The lowest BCUT2D eigenvalue weighted by molar-refractivity contribution is 0.116. The van der Waals surface area contributed by atoms with Gasteiger partial charge >= 0.3 is 0 Å². The molecule has 0 aromatic rings. The van der Waals surface area contributed by atoms with Crippen LogP contribution >= 0.6 is 0 Å². The molecular formula is C40H56O2. The molecule has 2 nitrogen and oxygen atoms in total. The molecule has 0 aromatic heterocycles. The van der Waals surface area contributed by atoms with Gasteiger partial charge in [-0.15, -0.1) is 0 Å². The second-order valence-electron chi connectivity index (χ2n) is 13.7. The lowest BCUT2D eigenvalue weighted by Gasteiger charge is -2.38. The zero-order valence-corrected chi connectivity index (χ0v) is 27.9. The van der Waals surface area contributed by atoms with Gasteiger partial charge in [0.25, 0.3) is 0 Å². The molecule has 0 unspecified atom stereocenters. The third-order valence-electron chi connectivity index (χ3n) is 8.33. The summed E-state index contributed by atoms with van der Waals surface area (Å²) in [6.45, 7) is 21.6. The normalized spacial score (nSPS) is 26.6. The molecule has 0 spiro atoms. The molecule has 0 fully saturated rings. The Morgan fingerprint density at radius 3 is 1.74 bits per heavy atom. The predicted molar refractivity (Wildman–Crippen MR) is 184 cm³/mol. The number of aliphatic hydroxyl groups excluding tert-OH is 2. The third-order valence-corrected chi connectivity index (χ3v) is 8.33. The van der Waals surface area contributed by atoms with E-state index in [-0.39, 0.29) is 23.0 Å². The lowest BCUT2D eigenvalue weighted by Crippen LogP contribution is -2.32. The van der Waals surface area contributed by atoms with Crippen molar-refractivity contribution >= 4 is 0 Å². The first-order valence-electron chi connectivity index (χ1n) is 15.4. The van der Waals surface area contributed by atoms with Crippen molar-refractivity contribution in [3.63, 3.8) is 0 Å². The van der Waals surface area contributed by atoms with Gasteiger partial charge in [0.2, 0.25) is 0 Å². The number of allylic oxidation sites excluding steroid dienone is 20. The van der Waals surface area contributed by atoms with E-state index in [1.807, 2.05) is 6.08 Å². The zero-order valence-electron chi connectivity index (χ0n) is 27.9. The van der Waals surface area contributed by atoms with Crippen molar-refractivity contribution in [3.8, 4) is 0 Å². The highest BCUT2D eigenvalue weighted by Gasteiger charge is 2.34. The summed E-state index contributed by atoms with van der Waals surface area (Å²) < 4.78 is 0. The molecule has 2 N–H and O–H groups in total. The van der Waals surface area contributed by atoms with Crippen molar-refractivity contribution in [1.29, 1.82) is 0 Å². The fraction of sp³-hybridized carbons (Fsp3) is 0.450. The van der Waals surface area contributed by atoms with E-state index in [9.17, 15) is 10.2 Å². The fourth-order valence-electron chi connectivity index (χ4n) is 6.14. The Balaban J connectivity index is 1.90. The standard InChI is InChI=1S/C40H56O2/c1-29(17-13-19-31(3)21-23-37-33(5)25-35(41)27-39(37,7)8)15-11-12-16-30(2)18-14-20-32(4)22-24-38-34(6)26-36(42)28-40(38,9)10/h11-25,35-37,41-42H,26-28H2,1-10H3/b12-11-,17-13-,18-14-,23-21-,24-22-,29-15+,30-16-,31-19+,32-20+/t35-,36+,37+/m0/s1. The Kier molecular flexibility index (Phi) is 13.5. The predicted octanol–water partition coefficient (Wildman–Crippen LogP) is 10.4. The Morgan fingerprint density at radius 2 is 1.21 bits per heavy atom. The number of hydrogen-bond acceptors (Lipinski definition) is 2. The van der Waals surface area contributed by atoms with E-state index in [0.717, 1.165) is 19.3 Å². The van der Waals surface area contributed by atoms with Gasteiger partial charge in [-0.05, 0) is 77.2 Å². The van der Waals surface area contributed by atoms with Crippen LogP contribution in [-0.2, 0) is 0 Å². The molecule has 2 heteroatoms. The van der Waals surface area contributed by atoms with Crippen molar-refractivity contribution in [1.82, 2.24) is 0 Å². The van der Waals surface area contributed by atoms with Gasteiger partial charge in [0.15, 0.2) is 0 Å². The molecule has 0 saturated heterocycles. The molecular weight excluding hydrogens is 512 g/mol. The molecule has 2 rings (SSSR count). The van der Waals surface area contributed by atoms with E-state index in [4.69, 9.17) is 0 Å². The quantitative estimate of drug-likeness (QED) is 0.203. The summed E-state index contributed by atoms with van der Waals surface area (Å²) in [4.78, 5) is 0. The molecule has 0 aliphatic heterocycles.